The lowest BCUT2D eigenvalue weighted by molar-refractivity contribution is -0.384. The number of rotatable bonds is 3. The van der Waals surface area contributed by atoms with Crippen LogP contribution in [0.3, 0.4) is 0 Å². The standard InChI is InChI=1S/C10H12N2O4S/c1-2-17(15,16)11-7-6-8-4-3-5-9(10(8)11)12(13)14/h3-5H,2,6-7H2,1H3. The normalized spacial score (nSPS) is 14.8. The van der Waals surface area contributed by atoms with Crippen LogP contribution >= 0.6 is 0 Å². The summed E-state index contributed by atoms with van der Waals surface area (Å²) < 4.78 is 24.8. The summed E-state index contributed by atoms with van der Waals surface area (Å²) in [6.07, 6.45) is 0.524. The molecular weight excluding hydrogens is 244 g/mol. The van der Waals surface area contributed by atoms with E-state index in [9.17, 15) is 18.5 Å². The Kier molecular flexibility index (Phi) is 2.78. The van der Waals surface area contributed by atoms with Crippen LogP contribution in [-0.4, -0.2) is 25.6 Å². The first-order chi connectivity index (χ1) is 7.97. The molecule has 0 amide bonds. The second-order valence-corrected chi connectivity index (χ2v) is 5.95. The summed E-state index contributed by atoms with van der Waals surface area (Å²) in [4.78, 5) is 10.4. The summed E-state index contributed by atoms with van der Waals surface area (Å²) in [6.45, 7) is 1.82. The monoisotopic (exact) mass is 256 g/mol. The summed E-state index contributed by atoms with van der Waals surface area (Å²) in [7, 11) is -3.44. The van der Waals surface area contributed by atoms with Gasteiger partial charge in [-0.1, -0.05) is 12.1 Å². The highest BCUT2D eigenvalue weighted by Gasteiger charge is 2.34. The number of benzene rings is 1. The third kappa shape index (κ3) is 1.86. The first-order valence-electron chi connectivity index (χ1n) is 5.24. The van der Waals surface area contributed by atoms with E-state index in [1.165, 1.54) is 13.0 Å². The van der Waals surface area contributed by atoms with Gasteiger partial charge in [-0.15, -0.1) is 0 Å². The molecule has 0 spiro atoms. The molecule has 1 heterocycles. The van der Waals surface area contributed by atoms with Gasteiger partial charge in [0.2, 0.25) is 10.0 Å². The van der Waals surface area contributed by atoms with Crippen LogP contribution < -0.4 is 4.31 Å². The van der Waals surface area contributed by atoms with Gasteiger partial charge in [0.1, 0.15) is 5.69 Å². The number of para-hydroxylation sites is 1. The topological polar surface area (TPSA) is 80.5 Å². The Labute approximate surface area is 99.1 Å². The maximum absolute atomic E-state index is 11.8. The van der Waals surface area contributed by atoms with Crippen molar-refractivity contribution in [2.75, 3.05) is 16.6 Å². The predicted molar refractivity (Wildman–Crippen MR) is 63.6 cm³/mol. The molecule has 7 heteroatoms. The second kappa shape index (κ2) is 3.99. The molecule has 6 nitrogen and oxygen atoms in total. The minimum absolute atomic E-state index is 0.0571. The largest absolute Gasteiger partial charge is 0.293 e. The van der Waals surface area contributed by atoms with Gasteiger partial charge >= 0.3 is 0 Å². The van der Waals surface area contributed by atoms with E-state index in [-0.39, 0.29) is 23.7 Å². The summed E-state index contributed by atoms with van der Waals surface area (Å²) in [5.74, 6) is -0.0571. The van der Waals surface area contributed by atoms with Crippen LogP contribution in [0.1, 0.15) is 12.5 Å². The zero-order chi connectivity index (χ0) is 12.6. The molecule has 92 valence electrons. The highest BCUT2D eigenvalue weighted by atomic mass is 32.2. The van der Waals surface area contributed by atoms with Crippen LogP contribution in [0, 0.1) is 10.1 Å². The Morgan fingerprint density at radius 3 is 2.76 bits per heavy atom. The van der Waals surface area contributed by atoms with Crippen molar-refractivity contribution in [1.82, 2.24) is 0 Å². The lowest BCUT2D eigenvalue weighted by Crippen LogP contribution is -2.30. The van der Waals surface area contributed by atoms with Gasteiger partial charge in [-0.25, -0.2) is 8.42 Å². The fraction of sp³-hybridized carbons (Fsp3) is 0.400. The minimum atomic E-state index is -3.44. The van der Waals surface area contributed by atoms with E-state index < -0.39 is 14.9 Å². The predicted octanol–water partition coefficient (Wildman–Crippen LogP) is 1.31. The fourth-order valence-corrected chi connectivity index (χ4v) is 3.15. The van der Waals surface area contributed by atoms with E-state index in [1.54, 1.807) is 12.1 Å². The summed E-state index contributed by atoms with van der Waals surface area (Å²) in [6, 6.07) is 4.65. The van der Waals surface area contributed by atoms with Crippen molar-refractivity contribution in [3.63, 3.8) is 0 Å². The Bertz CT molecular complexity index is 568. The number of fused-ring (bicyclic) bond motifs is 1. The maximum atomic E-state index is 11.8. The van der Waals surface area contributed by atoms with E-state index in [2.05, 4.69) is 0 Å². The number of nitro groups is 1. The number of nitrogens with zero attached hydrogens (tertiary/aromatic N) is 2. The van der Waals surface area contributed by atoms with Gasteiger partial charge in [0.25, 0.3) is 5.69 Å². The second-order valence-electron chi connectivity index (χ2n) is 3.76. The van der Waals surface area contributed by atoms with Gasteiger partial charge in [0, 0.05) is 12.6 Å². The lowest BCUT2D eigenvalue weighted by Gasteiger charge is -2.17. The molecule has 17 heavy (non-hydrogen) atoms. The summed E-state index contributed by atoms with van der Waals surface area (Å²) >= 11 is 0. The van der Waals surface area contributed by atoms with Crippen LogP contribution in [0.25, 0.3) is 0 Å². The lowest BCUT2D eigenvalue weighted by atomic mass is 10.1. The number of nitro benzene ring substituents is 1. The third-order valence-corrected chi connectivity index (χ3v) is 4.60. The zero-order valence-electron chi connectivity index (χ0n) is 9.29. The molecule has 2 rings (SSSR count). The Morgan fingerprint density at radius 1 is 1.47 bits per heavy atom. The molecular formula is C10H12N2O4S. The highest BCUT2D eigenvalue weighted by molar-refractivity contribution is 7.92. The number of hydrogen-bond acceptors (Lipinski definition) is 4. The van der Waals surface area contributed by atoms with Crippen LogP contribution in [0.4, 0.5) is 11.4 Å². The van der Waals surface area contributed by atoms with E-state index in [1.807, 2.05) is 0 Å². The molecule has 0 unspecified atom stereocenters. The highest BCUT2D eigenvalue weighted by Crippen LogP contribution is 2.38. The molecule has 0 aliphatic carbocycles. The zero-order valence-corrected chi connectivity index (χ0v) is 10.1. The minimum Gasteiger partial charge on any atom is -0.263 e. The Morgan fingerprint density at radius 2 is 2.18 bits per heavy atom. The summed E-state index contributed by atoms with van der Waals surface area (Å²) in [5.41, 5.74) is 0.813. The molecule has 0 saturated carbocycles. The van der Waals surface area contributed by atoms with Gasteiger partial charge in [-0.05, 0) is 18.9 Å². The van der Waals surface area contributed by atoms with Crippen molar-refractivity contribution >= 4 is 21.4 Å². The number of sulfonamides is 1. The van der Waals surface area contributed by atoms with E-state index in [0.29, 0.717) is 6.42 Å². The van der Waals surface area contributed by atoms with Crippen LogP contribution in [0.5, 0.6) is 0 Å². The van der Waals surface area contributed by atoms with Gasteiger partial charge in [0.05, 0.1) is 10.7 Å². The smallest absolute Gasteiger partial charge is 0.263 e. The SMILES string of the molecule is CCS(=O)(=O)N1CCc2cccc([N+](=O)[O-])c21. The van der Waals surface area contributed by atoms with Crippen molar-refractivity contribution in [1.29, 1.82) is 0 Å². The average Bonchev–Trinajstić information content (AvgIpc) is 2.72. The first-order valence-corrected chi connectivity index (χ1v) is 6.85. The molecule has 0 bridgehead atoms. The molecule has 1 aromatic rings. The van der Waals surface area contributed by atoms with Crippen LogP contribution in [0.2, 0.25) is 0 Å². The fourth-order valence-electron chi connectivity index (χ4n) is 1.98. The van der Waals surface area contributed by atoms with Crippen molar-refractivity contribution < 1.29 is 13.3 Å². The Hall–Kier alpha value is -1.63. The van der Waals surface area contributed by atoms with Gasteiger partial charge in [-0.2, -0.15) is 0 Å². The molecule has 1 aliphatic heterocycles. The molecule has 0 N–H and O–H groups in total. The van der Waals surface area contributed by atoms with Crippen molar-refractivity contribution in [2.45, 2.75) is 13.3 Å². The molecule has 0 radical (unpaired) electrons. The van der Waals surface area contributed by atoms with Crippen molar-refractivity contribution in [2.24, 2.45) is 0 Å². The first kappa shape index (κ1) is 11.8. The Balaban J connectivity index is 2.61. The molecule has 0 saturated heterocycles. The van der Waals surface area contributed by atoms with Gasteiger partial charge in [0.15, 0.2) is 0 Å². The summed E-state index contributed by atoms with van der Waals surface area (Å²) in [5, 5.41) is 10.9. The van der Waals surface area contributed by atoms with E-state index in [0.717, 1.165) is 9.87 Å². The molecule has 0 atom stereocenters. The third-order valence-electron chi connectivity index (χ3n) is 2.83. The van der Waals surface area contributed by atoms with Crippen LogP contribution in [-0.2, 0) is 16.4 Å². The molecule has 0 fully saturated rings. The average molecular weight is 256 g/mol. The molecule has 1 aromatic carbocycles. The van der Waals surface area contributed by atoms with Gasteiger partial charge < -0.3 is 0 Å². The maximum Gasteiger partial charge on any atom is 0.293 e. The van der Waals surface area contributed by atoms with Crippen molar-refractivity contribution in [3.05, 3.63) is 33.9 Å². The van der Waals surface area contributed by atoms with E-state index >= 15 is 0 Å². The molecule has 1 aliphatic rings. The van der Waals surface area contributed by atoms with Crippen molar-refractivity contribution in [3.8, 4) is 0 Å². The van der Waals surface area contributed by atoms with E-state index in [4.69, 9.17) is 0 Å². The number of anilines is 1. The number of hydrogen-bond donors (Lipinski definition) is 0. The molecule has 0 aromatic heterocycles. The van der Waals surface area contributed by atoms with Gasteiger partial charge in [-0.3, -0.25) is 14.4 Å². The van der Waals surface area contributed by atoms with Crippen LogP contribution in [0.15, 0.2) is 18.2 Å². The quantitative estimate of drug-likeness (QED) is 0.603.